The fourth-order valence-corrected chi connectivity index (χ4v) is 4.85. The average Bonchev–Trinajstić information content (AvgIpc) is 2.76. The third kappa shape index (κ3) is 5.77. The van der Waals surface area contributed by atoms with Crippen LogP contribution in [0.1, 0.15) is 30.9 Å². The molecule has 1 heterocycles. The summed E-state index contributed by atoms with van der Waals surface area (Å²) < 4.78 is 40.1. The second kappa shape index (κ2) is 10.00. The molecular weight excluding hydrogens is 403 g/mol. The van der Waals surface area contributed by atoms with Crippen molar-refractivity contribution in [1.82, 2.24) is 9.21 Å². The van der Waals surface area contributed by atoms with Gasteiger partial charge < -0.3 is 4.90 Å². The zero-order valence-corrected chi connectivity index (χ0v) is 17.9. The highest BCUT2D eigenvalue weighted by atomic mass is 32.2. The summed E-state index contributed by atoms with van der Waals surface area (Å²) in [5.41, 5.74) is 1.57. The molecule has 1 aliphatic rings. The van der Waals surface area contributed by atoms with Crippen molar-refractivity contribution in [3.8, 4) is 0 Å². The van der Waals surface area contributed by atoms with Gasteiger partial charge in [0, 0.05) is 37.5 Å². The molecule has 1 fully saturated rings. The van der Waals surface area contributed by atoms with Crippen molar-refractivity contribution in [2.45, 2.75) is 26.3 Å². The van der Waals surface area contributed by atoms with Gasteiger partial charge in [-0.05, 0) is 49.1 Å². The lowest BCUT2D eigenvalue weighted by Crippen LogP contribution is -2.43. The number of benzene rings is 2. The first-order valence-corrected chi connectivity index (χ1v) is 11.7. The van der Waals surface area contributed by atoms with Gasteiger partial charge in [-0.25, -0.2) is 12.8 Å². The number of sulfonamides is 1. The van der Waals surface area contributed by atoms with Crippen LogP contribution < -0.4 is 0 Å². The van der Waals surface area contributed by atoms with Crippen LogP contribution in [0.4, 0.5) is 4.39 Å². The van der Waals surface area contributed by atoms with E-state index in [4.69, 9.17) is 0 Å². The van der Waals surface area contributed by atoms with Gasteiger partial charge in [-0.3, -0.25) is 4.79 Å². The molecule has 160 valence electrons. The third-order valence-electron chi connectivity index (χ3n) is 5.35. The number of piperidine rings is 1. The van der Waals surface area contributed by atoms with Crippen molar-refractivity contribution in [1.29, 1.82) is 0 Å². The summed E-state index contributed by atoms with van der Waals surface area (Å²) in [6, 6.07) is 15.5. The molecule has 1 aliphatic heterocycles. The highest BCUT2D eigenvalue weighted by Gasteiger charge is 2.31. The highest BCUT2D eigenvalue weighted by Crippen LogP contribution is 2.23. The molecule has 1 amide bonds. The average molecular weight is 431 g/mol. The van der Waals surface area contributed by atoms with Crippen LogP contribution in [0.15, 0.2) is 60.0 Å². The summed E-state index contributed by atoms with van der Waals surface area (Å²) in [6.45, 7) is 3.40. The molecule has 2 aromatic rings. The third-order valence-corrected chi connectivity index (χ3v) is 6.92. The monoisotopic (exact) mass is 430 g/mol. The van der Waals surface area contributed by atoms with E-state index in [1.807, 2.05) is 37.3 Å². The SMILES string of the molecule is CCN(Cc1cccc(F)c1)C(=O)C1CCN(S(=O)(=O)C=Cc2ccccc2)CC1. The minimum absolute atomic E-state index is 0.00126. The Morgan fingerprint density at radius 2 is 1.83 bits per heavy atom. The maximum Gasteiger partial charge on any atom is 0.236 e. The molecule has 0 unspecified atom stereocenters. The number of nitrogens with zero attached hydrogens (tertiary/aromatic N) is 2. The Bertz CT molecular complexity index is 985. The molecule has 7 heteroatoms. The molecule has 0 bridgehead atoms. The summed E-state index contributed by atoms with van der Waals surface area (Å²) in [6.07, 6.45) is 2.55. The van der Waals surface area contributed by atoms with Crippen LogP contribution in [0.3, 0.4) is 0 Å². The molecule has 0 atom stereocenters. The van der Waals surface area contributed by atoms with E-state index in [0.29, 0.717) is 39.0 Å². The maximum absolute atomic E-state index is 13.4. The maximum atomic E-state index is 13.4. The highest BCUT2D eigenvalue weighted by molar-refractivity contribution is 7.92. The molecule has 1 saturated heterocycles. The van der Waals surface area contributed by atoms with Crippen LogP contribution in [-0.4, -0.2) is 43.2 Å². The van der Waals surface area contributed by atoms with Crippen molar-refractivity contribution < 1.29 is 17.6 Å². The van der Waals surface area contributed by atoms with Gasteiger partial charge in [-0.2, -0.15) is 4.31 Å². The van der Waals surface area contributed by atoms with E-state index in [9.17, 15) is 17.6 Å². The minimum atomic E-state index is -3.52. The number of halogens is 1. The van der Waals surface area contributed by atoms with Gasteiger partial charge in [0.05, 0.1) is 0 Å². The zero-order chi connectivity index (χ0) is 21.6. The number of hydrogen-bond acceptors (Lipinski definition) is 3. The Morgan fingerprint density at radius 1 is 1.13 bits per heavy atom. The fourth-order valence-electron chi connectivity index (χ4n) is 3.63. The van der Waals surface area contributed by atoms with E-state index in [1.165, 1.54) is 21.8 Å². The summed E-state index contributed by atoms with van der Waals surface area (Å²) in [5.74, 6) is -0.542. The number of carbonyl (C=O) groups is 1. The first-order valence-electron chi connectivity index (χ1n) is 10.2. The van der Waals surface area contributed by atoms with E-state index in [1.54, 1.807) is 23.1 Å². The van der Waals surface area contributed by atoms with Gasteiger partial charge in [0.15, 0.2) is 0 Å². The molecule has 0 spiro atoms. The van der Waals surface area contributed by atoms with E-state index < -0.39 is 10.0 Å². The lowest BCUT2D eigenvalue weighted by atomic mass is 9.96. The molecule has 2 aromatic carbocycles. The van der Waals surface area contributed by atoms with Crippen LogP contribution in [0, 0.1) is 11.7 Å². The zero-order valence-electron chi connectivity index (χ0n) is 17.1. The Balaban J connectivity index is 1.58. The molecule has 5 nitrogen and oxygen atoms in total. The van der Waals surface area contributed by atoms with Crippen LogP contribution >= 0.6 is 0 Å². The molecule has 30 heavy (non-hydrogen) atoms. The Morgan fingerprint density at radius 3 is 2.47 bits per heavy atom. The minimum Gasteiger partial charge on any atom is -0.338 e. The lowest BCUT2D eigenvalue weighted by molar-refractivity contribution is -0.137. The van der Waals surface area contributed by atoms with Crippen LogP contribution in [0.2, 0.25) is 0 Å². The lowest BCUT2D eigenvalue weighted by Gasteiger charge is -2.33. The van der Waals surface area contributed by atoms with E-state index in [2.05, 4.69) is 0 Å². The largest absolute Gasteiger partial charge is 0.338 e. The van der Waals surface area contributed by atoms with Crippen molar-refractivity contribution in [2.75, 3.05) is 19.6 Å². The van der Waals surface area contributed by atoms with Gasteiger partial charge in [-0.15, -0.1) is 0 Å². The van der Waals surface area contributed by atoms with Gasteiger partial charge in [0.25, 0.3) is 0 Å². The molecule has 0 aromatic heterocycles. The first kappa shape index (κ1) is 22.2. The smallest absolute Gasteiger partial charge is 0.236 e. The van der Waals surface area contributed by atoms with Gasteiger partial charge in [-0.1, -0.05) is 42.5 Å². The summed E-state index contributed by atoms with van der Waals surface area (Å²) in [4.78, 5) is 14.6. The van der Waals surface area contributed by atoms with E-state index in [0.717, 1.165) is 11.1 Å². The quantitative estimate of drug-likeness (QED) is 0.670. The number of rotatable bonds is 7. The molecular formula is C23H27FN2O3S. The second-order valence-corrected chi connectivity index (χ2v) is 9.23. The summed E-state index contributed by atoms with van der Waals surface area (Å²) in [5, 5.41) is 1.23. The van der Waals surface area contributed by atoms with Crippen LogP contribution in [-0.2, 0) is 21.4 Å². The van der Waals surface area contributed by atoms with Crippen LogP contribution in [0.5, 0.6) is 0 Å². The Kier molecular flexibility index (Phi) is 7.39. The van der Waals surface area contributed by atoms with Crippen LogP contribution in [0.25, 0.3) is 6.08 Å². The number of hydrogen-bond donors (Lipinski definition) is 0. The predicted molar refractivity (Wildman–Crippen MR) is 116 cm³/mol. The summed E-state index contributed by atoms with van der Waals surface area (Å²) in [7, 11) is -3.52. The molecule has 0 radical (unpaired) electrons. The number of carbonyl (C=O) groups excluding carboxylic acids is 1. The molecule has 0 N–H and O–H groups in total. The fraction of sp³-hybridized carbons (Fsp3) is 0.348. The molecule has 0 saturated carbocycles. The first-order chi connectivity index (χ1) is 14.4. The van der Waals surface area contributed by atoms with Gasteiger partial charge >= 0.3 is 0 Å². The van der Waals surface area contributed by atoms with E-state index in [-0.39, 0.29) is 17.6 Å². The van der Waals surface area contributed by atoms with Gasteiger partial charge in [0.1, 0.15) is 5.82 Å². The standard InChI is InChI=1S/C23H27FN2O3S/c1-2-25(18-20-9-6-10-22(24)17-20)23(27)21-11-14-26(15-12-21)30(28,29)16-13-19-7-4-3-5-8-19/h3-10,13,16-17,21H,2,11-12,14-15,18H2,1H3. The predicted octanol–water partition coefficient (Wildman–Crippen LogP) is 3.89. The van der Waals surface area contributed by atoms with Crippen molar-refractivity contribution in [3.05, 3.63) is 76.9 Å². The topological polar surface area (TPSA) is 57.7 Å². The normalized spacial score (nSPS) is 16.1. The molecule has 3 rings (SSSR count). The van der Waals surface area contributed by atoms with Gasteiger partial charge in [0.2, 0.25) is 15.9 Å². The Hall–Kier alpha value is -2.51. The second-order valence-electron chi connectivity index (χ2n) is 7.41. The molecule has 0 aliphatic carbocycles. The van der Waals surface area contributed by atoms with Crippen molar-refractivity contribution >= 4 is 22.0 Å². The van der Waals surface area contributed by atoms with E-state index >= 15 is 0 Å². The summed E-state index contributed by atoms with van der Waals surface area (Å²) >= 11 is 0. The number of amides is 1. The van der Waals surface area contributed by atoms with Crippen molar-refractivity contribution in [2.24, 2.45) is 5.92 Å². The van der Waals surface area contributed by atoms with Crippen molar-refractivity contribution in [3.63, 3.8) is 0 Å². The Labute approximate surface area is 177 Å².